The summed E-state index contributed by atoms with van der Waals surface area (Å²) >= 11 is 0. The molecular weight excluding hydrogens is 278 g/mol. The van der Waals surface area contributed by atoms with E-state index in [1.54, 1.807) is 19.0 Å². The van der Waals surface area contributed by atoms with E-state index in [0.29, 0.717) is 6.54 Å². The van der Waals surface area contributed by atoms with E-state index in [9.17, 15) is 9.59 Å². The van der Waals surface area contributed by atoms with Gasteiger partial charge in [-0.25, -0.2) is 0 Å². The minimum Gasteiger partial charge on any atom is -0.347 e. The van der Waals surface area contributed by atoms with Crippen molar-refractivity contribution in [1.82, 2.24) is 14.4 Å². The molecule has 0 N–H and O–H groups in total. The molecule has 0 spiro atoms. The van der Waals surface area contributed by atoms with Crippen molar-refractivity contribution in [2.24, 2.45) is 0 Å². The summed E-state index contributed by atoms with van der Waals surface area (Å²) in [7, 11) is 3.40. The largest absolute Gasteiger partial charge is 0.347 e. The number of fused-ring (bicyclic) bond motifs is 1. The van der Waals surface area contributed by atoms with Crippen molar-refractivity contribution in [2.75, 3.05) is 27.2 Å². The molecule has 0 saturated carbocycles. The van der Waals surface area contributed by atoms with Gasteiger partial charge in [0.15, 0.2) is 0 Å². The lowest BCUT2D eigenvalue weighted by molar-refractivity contribution is -0.139. The molecule has 5 nitrogen and oxygen atoms in total. The highest BCUT2D eigenvalue weighted by molar-refractivity contribution is 5.87. The Morgan fingerprint density at radius 3 is 2.45 bits per heavy atom. The van der Waals surface area contributed by atoms with E-state index in [1.165, 1.54) is 4.90 Å². The molecule has 2 aromatic rings. The zero-order valence-corrected chi connectivity index (χ0v) is 13.7. The highest BCUT2D eigenvalue weighted by Gasteiger charge is 2.18. The van der Waals surface area contributed by atoms with Crippen LogP contribution < -0.4 is 0 Å². The first kappa shape index (κ1) is 16.1. The smallest absolute Gasteiger partial charge is 0.242 e. The highest BCUT2D eigenvalue weighted by Crippen LogP contribution is 2.20. The normalized spacial score (nSPS) is 10.7. The van der Waals surface area contributed by atoms with Crippen molar-refractivity contribution in [3.05, 3.63) is 36.0 Å². The molecule has 1 aromatic heterocycles. The fraction of sp³-hybridized carbons (Fsp3) is 0.412. The lowest BCUT2D eigenvalue weighted by Crippen LogP contribution is -2.41. The average Bonchev–Trinajstić information content (AvgIpc) is 2.81. The molecule has 0 unspecified atom stereocenters. The molecule has 0 bridgehead atoms. The standard InChI is InChI=1S/C17H23N3O2/c1-5-19(11-16(21)18(3)4)17(22)12-20-10-13(2)14-8-6-7-9-15(14)20/h6-10H,5,11-12H2,1-4H3. The van der Waals surface area contributed by atoms with Crippen LogP contribution in [-0.4, -0.2) is 53.4 Å². The molecule has 0 atom stereocenters. The minimum absolute atomic E-state index is 0.0431. The van der Waals surface area contributed by atoms with E-state index in [2.05, 4.69) is 6.07 Å². The van der Waals surface area contributed by atoms with E-state index in [1.807, 2.05) is 42.8 Å². The van der Waals surface area contributed by atoms with Gasteiger partial charge < -0.3 is 14.4 Å². The number of amides is 2. The number of carbonyl (C=O) groups is 2. The zero-order valence-electron chi connectivity index (χ0n) is 13.7. The summed E-state index contributed by atoms with van der Waals surface area (Å²) in [4.78, 5) is 27.4. The molecule has 0 radical (unpaired) electrons. The maximum absolute atomic E-state index is 12.5. The van der Waals surface area contributed by atoms with Crippen molar-refractivity contribution >= 4 is 22.7 Å². The first-order chi connectivity index (χ1) is 10.4. The number of likely N-dealkylation sites (N-methyl/N-ethyl adjacent to an activating group) is 2. The van der Waals surface area contributed by atoms with Crippen molar-refractivity contribution in [3.8, 4) is 0 Å². The molecule has 5 heteroatoms. The van der Waals surface area contributed by atoms with E-state index in [4.69, 9.17) is 0 Å². The number of hydrogen-bond acceptors (Lipinski definition) is 2. The maximum Gasteiger partial charge on any atom is 0.242 e. The molecule has 0 aliphatic carbocycles. The Morgan fingerprint density at radius 2 is 1.82 bits per heavy atom. The zero-order chi connectivity index (χ0) is 16.3. The molecule has 118 valence electrons. The van der Waals surface area contributed by atoms with Crippen molar-refractivity contribution in [1.29, 1.82) is 0 Å². The number of aryl methyl sites for hydroxylation is 1. The topological polar surface area (TPSA) is 45.6 Å². The van der Waals surface area contributed by atoms with E-state index in [-0.39, 0.29) is 24.9 Å². The summed E-state index contributed by atoms with van der Waals surface area (Å²) < 4.78 is 1.95. The Balaban J connectivity index is 2.17. The lowest BCUT2D eigenvalue weighted by Gasteiger charge is -2.22. The van der Waals surface area contributed by atoms with Crippen LogP contribution in [0.1, 0.15) is 12.5 Å². The van der Waals surface area contributed by atoms with Crippen LogP contribution in [0.3, 0.4) is 0 Å². The van der Waals surface area contributed by atoms with E-state index in [0.717, 1.165) is 16.5 Å². The van der Waals surface area contributed by atoms with Crippen molar-refractivity contribution in [2.45, 2.75) is 20.4 Å². The predicted molar refractivity (Wildman–Crippen MR) is 87.6 cm³/mol. The molecule has 0 saturated heterocycles. The summed E-state index contributed by atoms with van der Waals surface area (Å²) in [5.41, 5.74) is 2.19. The number of benzene rings is 1. The van der Waals surface area contributed by atoms with Gasteiger partial charge in [-0.05, 0) is 25.5 Å². The average molecular weight is 301 g/mol. The van der Waals surface area contributed by atoms with Crippen molar-refractivity contribution in [3.63, 3.8) is 0 Å². The van der Waals surface area contributed by atoms with Gasteiger partial charge in [0.1, 0.15) is 6.54 Å². The van der Waals surface area contributed by atoms with Gasteiger partial charge >= 0.3 is 0 Å². The third-order valence-corrected chi connectivity index (χ3v) is 3.85. The summed E-state index contributed by atoms with van der Waals surface area (Å²) in [6.45, 7) is 4.83. The summed E-state index contributed by atoms with van der Waals surface area (Å²) in [5.74, 6) is -0.109. The first-order valence-electron chi connectivity index (χ1n) is 7.46. The van der Waals surface area contributed by atoms with Crippen LogP contribution in [0.25, 0.3) is 10.9 Å². The highest BCUT2D eigenvalue weighted by atomic mass is 16.2. The molecule has 22 heavy (non-hydrogen) atoms. The Bertz CT molecular complexity index is 688. The van der Waals surface area contributed by atoms with Crippen LogP contribution in [-0.2, 0) is 16.1 Å². The second-order valence-corrected chi connectivity index (χ2v) is 5.65. The van der Waals surface area contributed by atoms with Crippen molar-refractivity contribution < 1.29 is 9.59 Å². The maximum atomic E-state index is 12.5. The van der Waals surface area contributed by atoms with Gasteiger partial charge in [0.25, 0.3) is 0 Å². The third kappa shape index (κ3) is 3.30. The molecule has 0 aliphatic rings. The first-order valence-corrected chi connectivity index (χ1v) is 7.46. The van der Waals surface area contributed by atoms with Crippen LogP contribution in [0.5, 0.6) is 0 Å². The number of hydrogen-bond donors (Lipinski definition) is 0. The van der Waals surface area contributed by atoms with Gasteiger partial charge in [-0.3, -0.25) is 9.59 Å². The monoisotopic (exact) mass is 301 g/mol. The summed E-state index contributed by atoms with van der Waals surface area (Å²) in [6.07, 6.45) is 1.99. The fourth-order valence-corrected chi connectivity index (χ4v) is 2.49. The SMILES string of the molecule is CCN(CC(=O)N(C)C)C(=O)Cn1cc(C)c2ccccc21. The van der Waals surface area contributed by atoms with Gasteiger partial charge in [-0.1, -0.05) is 18.2 Å². The Kier molecular flexibility index (Phi) is 4.85. The van der Waals surface area contributed by atoms with Gasteiger partial charge in [-0.2, -0.15) is 0 Å². The molecule has 2 rings (SSSR count). The van der Waals surface area contributed by atoms with Crippen LogP contribution in [0.4, 0.5) is 0 Å². The van der Waals surface area contributed by atoms with Gasteiger partial charge in [0, 0.05) is 37.7 Å². The number of carbonyl (C=O) groups excluding carboxylic acids is 2. The molecule has 1 aromatic carbocycles. The van der Waals surface area contributed by atoms with E-state index >= 15 is 0 Å². The van der Waals surface area contributed by atoms with Crippen LogP contribution in [0, 0.1) is 6.92 Å². The third-order valence-electron chi connectivity index (χ3n) is 3.85. The van der Waals surface area contributed by atoms with Gasteiger partial charge in [-0.15, -0.1) is 0 Å². The lowest BCUT2D eigenvalue weighted by atomic mass is 10.2. The Hall–Kier alpha value is -2.30. The van der Waals surface area contributed by atoms with Crippen LogP contribution in [0.15, 0.2) is 30.5 Å². The van der Waals surface area contributed by atoms with Crippen LogP contribution in [0.2, 0.25) is 0 Å². The molecule has 0 fully saturated rings. The number of aromatic nitrogens is 1. The Morgan fingerprint density at radius 1 is 1.14 bits per heavy atom. The number of nitrogens with zero attached hydrogens (tertiary/aromatic N) is 3. The number of para-hydroxylation sites is 1. The molecular formula is C17H23N3O2. The molecule has 0 aliphatic heterocycles. The summed E-state index contributed by atoms with van der Waals surface area (Å²) in [6, 6.07) is 8.03. The number of rotatable bonds is 5. The molecule has 2 amide bonds. The quantitative estimate of drug-likeness (QED) is 0.846. The predicted octanol–water partition coefficient (Wildman–Crippen LogP) is 1.89. The van der Waals surface area contributed by atoms with E-state index < -0.39 is 0 Å². The second kappa shape index (κ2) is 6.64. The minimum atomic E-state index is -0.0660. The fourth-order valence-electron chi connectivity index (χ4n) is 2.49. The summed E-state index contributed by atoms with van der Waals surface area (Å²) in [5, 5.41) is 1.16. The second-order valence-electron chi connectivity index (χ2n) is 5.65. The Labute approximate surface area is 131 Å². The van der Waals surface area contributed by atoms with Gasteiger partial charge in [0.05, 0.1) is 6.54 Å². The van der Waals surface area contributed by atoms with Gasteiger partial charge in [0.2, 0.25) is 11.8 Å². The molecule has 1 heterocycles. The van der Waals surface area contributed by atoms with Crippen LogP contribution >= 0.6 is 0 Å².